The molecule has 0 bridgehead atoms. The Hall–Kier alpha value is -1.32. The average molecular weight is 216 g/mol. The molecular formula is C11H11F3O. The lowest BCUT2D eigenvalue weighted by Crippen LogP contribution is -2.03. The highest BCUT2D eigenvalue weighted by Gasteiger charge is 2.17. The van der Waals surface area contributed by atoms with Gasteiger partial charge in [0.2, 0.25) is 0 Å². The number of ketones is 1. The summed E-state index contributed by atoms with van der Waals surface area (Å²) in [6, 6.07) is 1.96. The monoisotopic (exact) mass is 216 g/mol. The zero-order chi connectivity index (χ0) is 11.6. The maximum atomic E-state index is 13.1. The lowest BCUT2D eigenvalue weighted by Gasteiger charge is -2.09. The van der Waals surface area contributed by atoms with Crippen LogP contribution in [0.5, 0.6) is 0 Å². The first kappa shape index (κ1) is 11.8. The van der Waals surface area contributed by atoms with Crippen LogP contribution in [0.2, 0.25) is 0 Å². The molecule has 0 fully saturated rings. The van der Waals surface area contributed by atoms with Gasteiger partial charge in [0.05, 0.1) is 5.56 Å². The molecule has 15 heavy (non-hydrogen) atoms. The molecule has 0 heterocycles. The Labute approximate surface area is 85.9 Å². The van der Waals surface area contributed by atoms with Crippen LogP contribution < -0.4 is 0 Å². The van der Waals surface area contributed by atoms with Crippen LogP contribution in [0.25, 0.3) is 0 Å². The van der Waals surface area contributed by atoms with Crippen molar-refractivity contribution in [1.29, 1.82) is 0 Å². The SMILES string of the molecule is CCc1cc(C(F)F)c(F)cc1C(C)=O. The fourth-order valence-electron chi connectivity index (χ4n) is 1.42. The molecule has 0 radical (unpaired) electrons. The second kappa shape index (κ2) is 4.47. The highest BCUT2D eigenvalue weighted by atomic mass is 19.3. The maximum absolute atomic E-state index is 13.1. The summed E-state index contributed by atoms with van der Waals surface area (Å²) >= 11 is 0. The van der Waals surface area contributed by atoms with E-state index >= 15 is 0 Å². The summed E-state index contributed by atoms with van der Waals surface area (Å²) in [5.41, 5.74) is -0.00421. The van der Waals surface area contributed by atoms with Gasteiger partial charge in [-0.05, 0) is 31.0 Å². The van der Waals surface area contributed by atoms with Crippen molar-refractivity contribution in [3.8, 4) is 0 Å². The zero-order valence-corrected chi connectivity index (χ0v) is 8.48. The van der Waals surface area contributed by atoms with E-state index in [1.165, 1.54) is 6.92 Å². The number of carbonyl (C=O) groups excluding carboxylic acids is 1. The molecule has 1 aromatic rings. The van der Waals surface area contributed by atoms with E-state index in [1.54, 1.807) is 6.92 Å². The van der Waals surface area contributed by atoms with Gasteiger partial charge < -0.3 is 0 Å². The largest absolute Gasteiger partial charge is 0.294 e. The van der Waals surface area contributed by atoms with Crippen molar-refractivity contribution >= 4 is 5.78 Å². The van der Waals surface area contributed by atoms with E-state index in [4.69, 9.17) is 0 Å². The third kappa shape index (κ3) is 2.37. The van der Waals surface area contributed by atoms with Crippen LogP contribution in [-0.2, 0) is 6.42 Å². The Morgan fingerprint density at radius 2 is 2.00 bits per heavy atom. The quantitative estimate of drug-likeness (QED) is 0.706. The fourth-order valence-corrected chi connectivity index (χ4v) is 1.42. The van der Waals surface area contributed by atoms with Crippen LogP contribution in [0.3, 0.4) is 0 Å². The van der Waals surface area contributed by atoms with E-state index < -0.39 is 17.8 Å². The van der Waals surface area contributed by atoms with Crippen molar-refractivity contribution in [2.75, 3.05) is 0 Å². The molecule has 1 aromatic carbocycles. The van der Waals surface area contributed by atoms with Gasteiger partial charge in [-0.2, -0.15) is 0 Å². The van der Waals surface area contributed by atoms with Crippen molar-refractivity contribution in [2.24, 2.45) is 0 Å². The minimum atomic E-state index is -2.85. The van der Waals surface area contributed by atoms with Gasteiger partial charge in [-0.3, -0.25) is 4.79 Å². The van der Waals surface area contributed by atoms with Gasteiger partial charge in [-0.15, -0.1) is 0 Å². The van der Waals surface area contributed by atoms with Crippen molar-refractivity contribution in [2.45, 2.75) is 26.7 Å². The summed E-state index contributed by atoms with van der Waals surface area (Å²) in [6.45, 7) is 3.02. The van der Waals surface area contributed by atoms with Crippen molar-refractivity contribution in [1.82, 2.24) is 0 Å². The minimum absolute atomic E-state index is 0.180. The molecule has 0 aliphatic heterocycles. The Morgan fingerprint density at radius 1 is 1.40 bits per heavy atom. The van der Waals surface area contributed by atoms with Crippen LogP contribution in [0, 0.1) is 5.82 Å². The molecule has 1 nitrogen and oxygen atoms in total. The van der Waals surface area contributed by atoms with Crippen molar-refractivity contribution < 1.29 is 18.0 Å². The van der Waals surface area contributed by atoms with Gasteiger partial charge in [0, 0.05) is 5.56 Å². The summed E-state index contributed by atoms with van der Waals surface area (Å²) in [5, 5.41) is 0. The second-order valence-electron chi connectivity index (χ2n) is 3.24. The number of aryl methyl sites for hydroxylation is 1. The van der Waals surface area contributed by atoms with Crippen molar-refractivity contribution in [3.05, 3.63) is 34.6 Å². The summed E-state index contributed by atoms with van der Waals surface area (Å²) in [7, 11) is 0. The third-order valence-corrected chi connectivity index (χ3v) is 2.22. The zero-order valence-electron chi connectivity index (χ0n) is 8.48. The molecule has 0 aliphatic carbocycles. The van der Waals surface area contributed by atoms with E-state index in [-0.39, 0.29) is 11.3 Å². The Bertz CT molecular complexity index is 386. The maximum Gasteiger partial charge on any atom is 0.266 e. The Kier molecular flexibility index (Phi) is 3.50. The van der Waals surface area contributed by atoms with E-state index in [0.29, 0.717) is 12.0 Å². The fraction of sp³-hybridized carbons (Fsp3) is 0.364. The lowest BCUT2D eigenvalue weighted by atomic mass is 9.99. The van der Waals surface area contributed by atoms with E-state index in [1.807, 2.05) is 0 Å². The molecule has 82 valence electrons. The molecule has 0 amide bonds. The predicted molar refractivity (Wildman–Crippen MR) is 50.7 cm³/mol. The highest BCUT2D eigenvalue weighted by molar-refractivity contribution is 5.95. The second-order valence-corrected chi connectivity index (χ2v) is 3.24. The molecule has 0 spiro atoms. The summed E-state index contributed by atoms with van der Waals surface area (Å²) < 4.78 is 37.8. The first-order valence-electron chi connectivity index (χ1n) is 4.58. The van der Waals surface area contributed by atoms with Gasteiger partial charge in [0.1, 0.15) is 5.82 Å². The topological polar surface area (TPSA) is 17.1 Å². The first-order valence-corrected chi connectivity index (χ1v) is 4.58. The first-order chi connectivity index (χ1) is 6.97. The Morgan fingerprint density at radius 3 is 2.40 bits per heavy atom. The number of Topliss-reactive ketones (excluding diaryl/α,β-unsaturated/α-hetero) is 1. The van der Waals surface area contributed by atoms with Crippen molar-refractivity contribution in [3.63, 3.8) is 0 Å². The van der Waals surface area contributed by atoms with Gasteiger partial charge >= 0.3 is 0 Å². The molecular weight excluding hydrogens is 205 g/mol. The van der Waals surface area contributed by atoms with Gasteiger partial charge in [-0.25, -0.2) is 13.2 Å². The Balaban J connectivity index is 3.35. The summed E-state index contributed by atoms with van der Waals surface area (Å²) in [4.78, 5) is 11.1. The molecule has 0 aliphatic rings. The summed E-state index contributed by atoms with van der Waals surface area (Å²) in [5.74, 6) is -1.33. The third-order valence-electron chi connectivity index (χ3n) is 2.22. The van der Waals surface area contributed by atoms with E-state index in [2.05, 4.69) is 0 Å². The minimum Gasteiger partial charge on any atom is -0.294 e. The lowest BCUT2D eigenvalue weighted by molar-refractivity contribution is 0.101. The highest BCUT2D eigenvalue weighted by Crippen LogP contribution is 2.25. The van der Waals surface area contributed by atoms with Crippen LogP contribution in [0.1, 0.15) is 41.8 Å². The molecule has 4 heteroatoms. The van der Waals surface area contributed by atoms with Crippen LogP contribution in [0.4, 0.5) is 13.2 Å². The van der Waals surface area contributed by atoms with Crippen LogP contribution >= 0.6 is 0 Å². The number of hydrogen-bond acceptors (Lipinski definition) is 1. The molecule has 0 unspecified atom stereocenters. The molecule has 1 rings (SSSR count). The molecule has 0 saturated heterocycles. The predicted octanol–water partition coefficient (Wildman–Crippen LogP) is 3.53. The van der Waals surface area contributed by atoms with Gasteiger partial charge in [0.15, 0.2) is 5.78 Å². The van der Waals surface area contributed by atoms with Crippen LogP contribution in [0.15, 0.2) is 12.1 Å². The van der Waals surface area contributed by atoms with E-state index in [0.717, 1.165) is 12.1 Å². The van der Waals surface area contributed by atoms with Crippen LogP contribution in [-0.4, -0.2) is 5.78 Å². The number of carbonyl (C=O) groups is 1. The van der Waals surface area contributed by atoms with E-state index in [9.17, 15) is 18.0 Å². The smallest absolute Gasteiger partial charge is 0.266 e. The average Bonchev–Trinajstić information content (AvgIpc) is 2.16. The molecule has 0 N–H and O–H groups in total. The normalized spacial score (nSPS) is 10.8. The number of rotatable bonds is 3. The standard InChI is InChI=1S/C11H11F3O/c1-3-7-4-9(11(13)14)10(12)5-8(7)6(2)15/h4-5,11H,3H2,1-2H3. The number of alkyl halides is 2. The number of benzene rings is 1. The molecule has 0 saturated carbocycles. The summed E-state index contributed by atoms with van der Waals surface area (Å²) in [6.07, 6.45) is -2.43. The molecule has 0 aromatic heterocycles. The van der Waals surface area contributed by atoms with Gasteiger partial charge in [-0.1, -0.05) is 6.92 Å². The molecule has 0 atom stereocenters. The number of hydrogen-bond donors (Lipinski definition) is 0. The number of halogens is 3. The van der Waals surface area contributed by atoms with Gasteiger partial charge in [0.25, 0.3) is 6.43 Å².